The molecule has 0 bridgehead atoms. The molecule has 0 fully saturated rings. The first-order valence-electron chi connectivity index (χ1n) is 8.27. The molecule has 0 N–H and O–H groups in total. The lowest BCUT2D eigenvalue weighted by Crippen LogP contribution is -2.32. The van der Waals surface area contributed by atoms with E-state index in [9.17, 15) is 0 Å². The highest BCUT2D eigenvalue weighted by Crippen LogP contribution is 2.16. The molecule has 0 aliphatic carbocycles. The van der Waals surface area contributed by atoms with Crippen molar-refractivity contribution >= 4 is 0 Å². The topological polar surface area (TPSA) is 3.88 Å². The Kier molecular flexibility index (Phi) is 9.40. The van der Waals surface area contributed by atoms with Crippen molar-refractivity contribution in [2.75, 3.05) is 0 Å². The lowest BCUT2D eigenvalue weighted by Gasteiger charge is -2.09. The van der Waals surface area contributed by atoms with Gasteiger partial charge < -0.3 is 0 Å². The van der Waals surface area contributed by atoms with Gasteiger partial charge >= 0.3 is 0 Å². The summed E-state index contributed by atoms with van der Waals surface area (Å²) >= 11 is 0. The van der Waals surface area contributed by atoms with Crippen LogP contribution in [0.25, 0.3) is 0 Å². The van der Waals surface area contributed by atoms with Crippen molar-refractivity contribution in [3.05, 3.63) is 30.6 Å². The summed E-state index contributed by atoms with van der Waals surface area (Å²) < 4.78 is 2.29. The van der Waals surface area contributed by atoms with E-state index in [4.69, 9.17) is 0 Å². The van der Waals surface area contributed by atoms with Gasteiger partial charge in [0, 0.05) is 18.6 Å². The number of aromatic nitrogens is 1. The lowest BCUT2D eigenvalue weighted by molar-refractivity contribution is -0.697. The first kappa shape index (κ1) is 16.2. The Labute approximate surface area is 120 Å². The van der Waals surface area contributed by atoms with Gasteiger partial charge in [0.2, 0.25) is 0 Å². The maximum absolute atomic E-state index is 2.42. The van der Waals surface area contributed by atoms with Crippen LogP contribution in [0.1, 0.15) is 71.6 Å². The molecule has 1 nitrogen and oxygen atoms in total. The Balaban J connectivity index is 1.94. The summed E-state index contributed by atoms with van der Waals surface area (Å²) in [5, 5.41) is 0. The fourth-order valence-corrected chi connectivity index (χ4v) is 2.62. The summed E-state index contributed by atoms with van der Waals surface area (Å²) in [5.41, 5.74) is 0. The van der Waals surface area contributed by atoms with Gasteiger partial charge in [-0.3, -0.25) is 0 Å². The SMILES string of the molecule is CCCCCCCC[C@H](C)CCC[n+]1ccccc1. The van der Waals surface area contributed by atoms with Crippen LogP contribution in [-0.2, 0) is 6.54 Å². The second-order valence-corrected chi connectivity index (χ2v) is 5.92. The molecule has 1 atom stereocenters. The first-order valence-corrected chi connectivity index (χ1v) is 8.27. The van der Waals surface area contributed by atoms with Crippen LogP contribution >= 0.6 is 0 Å². The molecule has 0 radical (unpaired) electrons. The van der Waals surface area contributed by atoms with Crippen molar-refractivity contribution in [2.24, 2.45) is 5.92 Å². The highest BCUT2D eigenvalue weighted by atomic mass is 14.9. The molecule has 1 aromatic heterocycles. The maximum Gasteiger partial charge on any atom is 0.168 e. The van der Waals surface area contributed by atoms with E-state index in [-0.39, 0.29) is 0 Å². The zero-order valence-corrected chi connectivity index (χ0v) is 13.0. The zero-order valence-electron chi connectivity index (χ0n) is 13.0. The average Bonchev–Trinajstić information content (AvgIpc) is 2.44. The van der Waals surface area contributed by atoms with Crippen molar-refractivity contribution in [1.29, 1.82) is 0 Å². The van der Waals surface area contributed by atoms with E-state index in [0.717, 1.165) is 5.92 Å². The standard InChI is InChI=1S/C18H32N/c1-3-4-5-6-7-9-13-18(2)14-12-17-19-15-10-8-11-16-19/h8,10-11,15-16,18H,3-7,9,12-14,17H2,1-2H3/q+1/t18-/m0/s1. The molecule has 0 unspecified atom stereocenters. The van der Waals surface area contributed by atoms with E-state index in [1.165, 1.54) is 64.3 Å². The maximum atomic E-state index is 2.42. The summed E-state index contributed by atoms with van der Waals surface area (Å²) in [4.78, 5) is 0. The van der Waals surface area contributed by atoms with Gasteiger partial charge in [0.25, 0.3) is 0 Å². The molecular weight excluding hydrogens is 230 g/mol. The van der Waals surface area contributed by atoms with Gasteiger partial charge in [0.05, 0.1) is 0 Å². The van der Waals surface area contributed by atoms with Crippen LogP contribution in [0.5, 0.6) is 0 Å². The van der Waals surface area contributed by atoms with Crippen molar-refractivity contribution in [3.8, 4) is 0 Å². The van der Waals surface area contributed by atoms with Crippen LogP contribution in [0.15, 0.2) is 30.6 Å². The van der Waals surface area contributed by atoms with Crippen molar-refractivity contribution in [3.63, 3.8) is 0 Å². The molecule has 108 valence electrons. The van der Waals surface area contributed by atoms with Gasteiger partial charge in [-0.05, 0) is 12.3 Å². The van der Waals surface area contributed by atoms with Gasteiger partial charge in [-0.2, -0.15) is 0 Å². The molecule has 0 saturated carbocycles. The van der Waals surface area contributed by atoms with Crippen LogP contribution in [0.2, 0.25) is 0 Å². The Morgan fingerprint density at radius 1 is 0.789 bits per heavy atom. The first-order chi connectivity index (χ1) is 9.33. The van der Waals surface area contributed by atoms with Gasteiger partial charge in [0.15, 0.2) is 12.4 Å². The summed E-state index contributed by atoms with van der Waals surface area (Å²) in [5.74, 6) is 0.899. The van der Waals surface area contributed by atoms with Gasteiger partial charge in [-0.15, -0.1) is 0 Å². The Bertz CT molecular complexity index is 294. The van der Waals surface area contributed by atoms with E-state index in [1.54, 1.807) is 0 Å². The largest absolute Gasteiger partial charge is 0.205 e. The van der Waals surface area contributed by atoms with E-state index in [2.05, 4.69) is 49.0 Å². The molecule has 1 heterocycles. The minimum absolute atomic E-state index is 0.899. The molecular formula is C18H32N+. The average molecular weight is 262 g/mol. The molecule has 0 spiro atoms. The van der Waals surface area contributed by atoms with Crippen molar-refractivity contribution in [2.45, 2.75) is 78.2 Å². The van der Waals surface area contributed by atoms with Crippen LogP contribution < -0.4 is 4.57 Å². The molecule has 1 aromatic rings. The normalized spacial score (nSPS) is 12.5. The van der Waals surface area contributed by atoms with Crippen molar-refractivity contribution in [1.82, 2.24) is 0 Å². The van der Waals surface area contributed by atoms with E-state index >= 15 is 0 Å². The fourth-order valence-electron chi connectivity index (χ4n) is 2.62. The van der Waals surface area contributed by atoms with Gasteiger partial charge in [-0.1, -0.05) is 64.9 Å². The predicted molar refractivity (Wildman–Crippen MR) is 83.0 cm³/mol. The van der Waals surface area contributed by atoms with Crippen molar-refractivity contribution < 1.29 is 4.57 Å². The predicted octanol–water partition coefficient (Wildman–Crippen LogP) is 5.14. The minimum Gasteiger partial charge on any atom is -0.205 e. The second kappa shape index (κ2) is 11.0. The van der Waals surface area contributed by atoms with Gasteiger partial charge in [0.1, 0.15) is 6.54 Å². The fraction of sp³-hybridized carbons (Fsp3) is 0.722. The van der Waals surface area contributed by atoms with Crippen LogP contribution in [-0.4, -0.2) is 0 Å². The van der Waals surface area contributed by atoms with Crippen LogP contribution in [0, 0.1) is 5.92 Å². The highest BCUT2D eigenvalue weighted by Gasteiger charge is 2.04. The lowest BCUT2D eigenvalue weighted by atomic mass is 9.97. The summed E-state index contributed by atoms with van der Waals surface area (Å²) in [6.45, 7) is 5.87. The number of nitrogens with zero attached hydrogens (tertiary/aromatic N) is 1. The van der Waals surface area contributed by atoms with Crippen LogP contribution in [0.4, 0.5) is 0 Å². The molecule has 0 amide bonds. The van der Waals surface area contributed by atoms with Crippen LogP contribution in [0.3, 0.4) is 0 Å². The smallest absolute Gasteiger partial charge is 0.168 e. The van der Waals surface area contributed by atoms with E-state index in [0.29, 0.717) is 0 Å². The third-order valence-electron chi connectivity index (χ3n) is 3.94. The Morgan fingerprint density at radius 3 is 2.16 bits per heavy atom. The quantitative estimate of drug-likeness (QED) is 0.384. The molecule has 0 saturated heterocycles. The highest BCUT2D eigenvalue weighted by molar-refractivity contribution is 4.83. The van der Waals surface area contributed by atoms with E-state index < -0.39 is 0 Å². The number of unbranched alkanes of at least 4 members (excludes halogenated alkanes) is 5. The Hall–Kier alpha value is -0.850. The molecule has 1 heteroatoms. The summed E-state index contributed by atoms with van der Waals surface area (Å²) in [7, 11) is 0. The number of hydrogen-bond donors (Lipinski definition) is 0. The molecule has 1 rings (SSSR count). The van der Waals surface area contributed by atoms with E-state index in [1.807, 2.05) is 0 Å². The number of pyridine rings is 1. The molecule has 0 aliphatic heterocycles. The molecule has 0 aromatic carbocycles. The van der Waals surface area contributed by atoms with Gasteiger partial charge in [-0.25, -0.2) is 4.57 Å². The summed E-state index contributed by atoms with van der Waals surface area (Å²) in [6.07, 6.45) is 17.0. The molecule has 0 aliphatic rings. The minimum atomic E-state index is 0.899. The summed E-state index contributed by atoms with van der Waals surface area (Å²) in [6, 6.07) is 6.30. The second-order valence-electron chi connectivity index (χ2n) is 5.92. The number of aryl methyl sites for hydroxylation is 1. The zero-order chi connectivity index (χ0) is 13.8. The Morgan fingerprint density at radius 2 is 1.42 bits per heavy atom. The third kappa shape index (κ3) is 8.80. The third-order valence-corrected chi connectivity index (χ3v) is 3.94. The monoisotopic (exact) mass is 262 g/mol. The number of hydrogen-bond acceptors (Lipinski definition) is 0. The number of rotatable bonds is 11. The molecule has 19 heavy (non-hydrogen) atoms.